The third-order valence-electron chi connectivity index (χ3n) is 3.95. The fraction of sp³-hybridized carbons (Fsp3) is 0.722. The van der Waals surface area contributed by atoms with E-state index in [9.17, 15) is 5.11 Å². The van der Waals surface area contributed by atoms with Gasteiger partial charge in [-0.1, -0.05) is 71.3 Å². The van der Waals surface area contributed by atoms with Gasteiger partial charge in [0.05, 0.1) is 11.8 Å². The fourth-order valence-corrected chi connectivity index (χ4v) is 2.66. The lowest BCUT2D eigenvalue weighted by molar-refractivity contribution is 0.157. The molecule has 0 aliphatic heterocycles. The first kappa shape index (κ1) is 17.2. The Kier molecular flexibility index (Phi) is 9.31. The van der Waals surface area contributed by atoms with Crippen molar-refractivity contribution in [1.82, 2.24) is 4.98 Å². The third kappa shape index (κ3) is 6.51. The Hall–Kier alpha value is -0.890. The van der Waals surface area contributed by atoms with Crippen molar-refractivity contribution in [3.05, 3.63) is 29.6 Å². The minimum Gasteiger partial charge on any atom is -0.387 e. The second-order valence-corrected chi connectivity index (χ2v) is 5.68. The average molecular weight is 277 g/mol. The Bertz CT molecular complexity index is 351. The predicted octanol–water partition coefficient (Wildman–Crippen LogP) is 5.21. The number of aryl methyl sites for hydroxylation is 1. The van der Waals surface area contributed by atoms with Crippen molar-refractivity contribution in [1.29, 1.82) is 0 Å². The van der Waals surface area contributed by atoms with Gasteiger partial charge < -0.3 is 5.11 Å². The molecule has 2 nitrogen and oxygen atoms in total. The van der Waals surface area contributed by atoms with Gasteiger partial charge in [-0.15, -0.1) is 0 Å². The number of pyridine rings is 1. The van der Waals surface area contributed by atoms with Crippen LogP contribution in [0.3, 0.4) is 0 Å². The van der Waals surface area contributed by atoms with Crippen molar-refractivity contribution in [2.75, 3.05) is 0 Å². The smallest absolute Gasteiger partial charge is 0.0962 e. The van der Waals surface area contributed by atoms with E-state index in [-0.39, 0.29) is 6.10 Å². The van der Waals surface area contributed by atoms with Gasteiger partial charge in [0.25, 0.3) is 0 Å². The molecular weight excluding hydrogens is 246 g/mol. The molecule has 0 radical (unpaired) electrons. The molecule has 1 aromatic heterocycles. The highest BCUT2D eigenvalue weighted by Gasteiger charge is 2.12. The minimum absolute atomic E-state index is 0.383. The molecule has 1 N–H and O–H groups in total. The molecule has 1 rings (SSSR count). The molecule has 0 aliphatic carbocycles. The molecule has 1 heterocycles. The van der Waals surface area contributed by atoms with Gasteiger partial charge in [0.15, 0.2) is 0 Å². The number of aliphatic hydroxyl groups is 1. The van der Waals surface area contributed by atoms with E-state index in [4.69, 9.17) is 0 Å². The molecule has 0 saturated carbocycles. The van der Waals surface area contributed by atoms with Crippen molar-refractivity contribution in [3.8, 4) is 0 Å². The van der Waals surface area contributed by atoms with E-state index in [0.29, 0.717) is 0 Å². The number of unbranched alkanes of at least 4 members (excludes halogenated alkanes) is 7. The standard InChI is InChI=1S/C18H31NO/c1-3-5-6-7-8-9-10-11-14-17(20)18-16(4-2)13-12-15-19-18/h12-13,15,17,20H,3-11,14H2,1-2H3. The van der Waals surface area contributed by atoms with Crippen molar-refractivity contribution >= 4 is 0 Å². The number of aromatic nitrogens is 1. The molecule has 1 aromatic rings. The summed E-state index contributed by atoms with van der Waals surface area (Å²) in [4.78, 5) is 4.35. The van der Waals surface area contributed by atoms with Gasteiger partial charge in [-0.3, -0.25) is 4.98 Å². The van der Waals surface area contributed by atoms with E-state index in [0.717, 1.165) is 25.0 Å². The number of aliphatic hydroxyl groups excluding tert-OH is 1. The summed E-state index contributed by atoms with van der Waals surface area (Å²) in [7, 11) is 0. The molecule has 0 fully saturated rings. The molecule has 0 saturated heterocycles. The molecule has 0 bridgehead atoms. The Morgan fingerprint density at radius 3 is 2.30 bits per heavy atom. The molecule has 1 atom stereocenters. The summed E-state index contributed by atoms with van der Waals surface area (Å²) in [5, 5.41) is 10.2. The molecule has 0 aliphatic rings. The molecule has 2 heteroatoms. The maximum absolute atomic E-state index is 10.2. The summed E-state index contributed by atoms with van der Waals surface area (Å²) in [5.74, 6) is 0. The predicted molar refractivity (Wildman–Crippen MR) is 85.8 cm³/mol. The van der Waals surface area contributed by atoms with Gasteiger partial charge >= 0.3 is 0 Å². The largest absolute Gasteiger partial charge is 0.387 e. The van der Waals surface area contributed by atoms with E-state index in [1.165, 1.54) is 50.5 Å². The Balaban J connectivity index is 2.15. The molecule has 0 spiro atoms. The second-order valence-electron chi connectivity index (χ2n) is 5.68. The highest BCUT2D eigenvalue weighted by Crippen LogP contribution is 2.22. The Morgan fingerprint density at radius 2 is 1.65 bits per heavy atom. The van der Waals surface area contributed by atoms with E-state index in [2.05, 4.69) is 24.9 Å². The van der Waals surface area contributed by atoms with Crippen LogP contribution >= 0.6 is 0 Å². The first-order valence-corrected chi connectivity index (χ1v) is 8.41. The zero-order chi connectivity index (χ0) is 14.6. The van der Waals surface area contributed by atoms with Crippen molar-refractivity contribution in [2.24, 2.45) is 0 Å². The second kappa shape index (κ2) is 10.8. The maximum Gasteiger partial charge on any atom is 0.0962 e. The van der Waals surface area contributed by atoms with Crippen LogP contribution in [0.5, 0.6) is 0 Å². The number of rotatable bonds is 11. The van der Waals surface area contributed by atoms with Crippen LogP contribution in [-0.4, -0.2) is 10.1 Å². The molecule has 114 valence electrons. The summed E-state index contributed by atoms with van der Waals surface area (Å²) in [6, 6.07) is 4.02. The van der Waals surface area contributed by atoms with Crippen LogP contribution in [-0.2, 0) is 6.42 Å². The highest BCUT2D eigenvalue weighted by molar-refractivity contribution is 5.21. The Labute approximate surface area is 124 Å². The van der Waals surface area contributed by atoms with Gasteiger partial charge in [-0.05, 0) is 24.5 Å². The van der Waals surface area contributed by atoms with E-state index < -0.39 is 0 Å². The van der Waals surface area contributed by atoms with Gasteiger partial charge in [0.2, 0.25) is 0 Å². The quantitative estimate of drug-likeness (QED) is 0.563. The summed E-state index contributed by atoms with van der Waals surface area (Å²) >= 11 is 0. The van der Waals surface area contributed by atoms with Gasteiger partial charge in [0, 0.05) is 6.20 Å². The number of nitrogens with zero attached hydrogens (tertiary/aromatic N) is 1. The van der Waals surface area contributed by atoms with Gasteiger partial charge in [-0.25, -0.2) is 0 Å². The van der Waals surface area contributed by atoms with E-state index >= 15 is 0 Å². The van der Waals surface area contributed by atoms with Crippen LogP contribution in [0, 0.1) is 0 Å². The zero-order valence-corrected chi connectivity index (χ0v) is 13.3. The lowest BCUT2D eigenvalue weighted by Crippen LogP contribution is -2.04. The summed E-state index contributed by atoms with van der Waals surface area (Å²) in [6.45, 7) is 4.37. The van der Waals surface area contributed by atoms with Crippen LogP contribution in [0.4, 0.5) is 0 Å². The molecular formula is C18H31NO. The van der Waals surface area contributed by atoms with Gasteiger partial charge in [-0.2, -0.15) is 0 Å². The Morgan fingerprint density at radius 1 is 1.00 bits per heavy atom. The van der Waals surface area contributed by atoms with Gasteiger partial charge in [0.1, 0.15) is 0 Å². The summed E-state index contributed by atoms with van der Waals surface area (Å²) < 4.78 is 0. The van der Waals surface area contributed by atoms with Crippen LogP contribution in [0.2, 0.25) is 0 Å². The minimum atomic E-state index is -0.383. The van der Waals surface area contributed by atoms with Crippen LogP contribution < -0.4 is 0 Å². The lowest BCUT2D eigenvalue weighted by Gasteiger charge is -2.13. The van der Waals surface area contributed by atoms with E-state index in [1.54, 1.807) is 6.20 Å². The molecule has 0 amide bonds. The summed E-state index contributed by atoms with van der Waals surface area (Å²) in [5.41, 5.74) is 2.07. The first-order valence-electron chi connectivity index (χ1n) is 8.41. The van der Waals surface area contributed by atoms with Crippen molar-refractivity contribution < 1.29 is 5.11 Å². The third-order valence-corrected chi connectivity index (χ3v) is 3.95. The summed E-state index contributed by atoms with van der Waals surface area (Å²) in [6.07, 6.45) is 13.6. The fourth-order valence-electron chi connectivity index (χ4n) is 2.66. The topological polar surface area (TPSA) is 33.1 Å². The van der Waals surface area contributed by atoms with Crippen LogP contribution in [0.25, 0.3) is 0 Å². The normalized spacial score (nSPS) is 12.6. The molecule has 1 unspecified atom stereocenters. The molecule has 0 aromatic carbocycles. The lowest BCUT2D eigenvalue weighted by atomic mass is 10.0. The van der Waals surface area contributed by atoms with Crippen LogP contribution in [0.15, 0.2) is 18.3 Å². The zero-order valence-electron chi connectivity index (χ0n) is 13.3. The van der Waals surface area contributed by atoms with Crippen molar-refractivity contribution in [3.63, 3.8) is 0 Å². The van der Waals surface area contributed by atoms with Crippen molar-refractivity contribution in [2.45, 2.75) is 84.2 Å². The first-order chi connectivity index (χ1) is 9.79. The number of hydrogen-bond acceptors (Lipinski definition) is 2. The molecule has 20 heavy (non-hydrogen) atoms. The maximum atomic E-state index is 10.2. The number of hydrogen-bond donors (Lipinski definition) is 1. The highest BCUT2D eigenvalue weighted by atomic mass is 16.3. The monoisotopic (exact) mass is 277 g/mol. The average Bonchev–Trinajstić information content (AvgIpc) is 2.49. The van der Waals surface area contributed by atoms with E-state index in [1.807, 2.05) is 6.07 Å². The van der Waals surface area contributed by atoms with Crippen LogP contribution in [0.1, 0.15) is 89.0 Å². The SMILES string of the molecule is CCCCCCCCCCC(O)c1ncccc1CC.